The van der Waals surface area contributed by atoms with Crippen LogP contribution in [0.1, 0.15) is 25.3 Å². The summed E-state index contributed by atoms with van der Waals surface area (Å²) in [5.41, 5.74) is 1.58. The van der Waals surface area contributed by atoms with Crippen LogP contribution in [0.2, 0.25) is 0 Å². The number of rotatable bonds is 6. The van der Waals surface area contributed by atoms with Crippen LogP contribution >= 0.6 is 0 Å². The van der Waals surface area contributed by atoms with E-state index in [1.165, 1.54) is 29.8 Å². The number of sulfonamides is 1. The van der Waals surface area contributed by atoms with E-state index in [1.54, 1.807) is 11.8 Å². The summed E-state index contributed by atoms with van der Waals surface area (Å²) in [7, 11) is -3.70. The number of likely N-dealkylation sites (tertiary alicyclic amines) is 1. The number of carbonyl (C=O) groups is 1. The number of anilines is 1. The minimum atomic E-state index is -3.70. The Morgan fingerprint density at radius 3 is 2.24 bits per heavy atom. The lowest BCUT2D eigenvalue weighted by molar-refractivity contribution is -0.133. The molecule has 0 aromatic heterocycles. The zero-order valence-corrected chi connectivity index (χ0v) is 17.6. The van der Waals surface area contributed by atoms with Crippen molar-refractivity contribution in [2.45, 2.75) is 32.2 Å². The molecule has 1 unspecified atom stereocenters. The third-order valence-corrected chi connectivity index (χ3v) is 6.68. The number of halogens is 1. The Labute approximate surface area is 172 Å². The van der Waals surface area contributed by atoms with Gasteiger partial charge in [0.15, 0.2) is 0 Å². The Kier molecular flexibility index (Phi) is 6.57. The van der Waals surface area contributed by atoms with Crippen molar-refractivity contribution >= 4 is 21.6 Å². The topological polar surface area (TPSA) is 57.7 Å². The average Bonchev–Trinajstić information content (AvgIpc) is 2.69. The molecule has 0 aliphatic carbocycles. The maximum atomic E-state index is 13.2. The summed E-state index contributed by atoms with van der Waals surface area (Å²) in [5.74, 6) is -0.167. The molecule has 1 amide bonds. The lowest BCUT2D eigenvalue weighted by Gasteiger charge is -2.36. The molecule has 156 valence electrons. The van der Waals surface area contributed by atoms with Crippen LogP contribution in [-0.4, -0.2) is 44.6 Å². The Hall–Kier alpha value is -2.41. The molecule has 1 aliphatic rings. The normalized spacial score (nSPS) is 16.4. The van der Waals surface area contributed by atoms with E-state index in [0.717, 1.165) is 29.8 Å². The third-order valence-electron chi connectivity index (χ3n) is 5.44. The highest BCUT2D eigenvalue weighted by atomic mass is 32.2. The number of piperidine rings is 1. The SMILES string of the molecule is CC(C(=O)N1CCC(Cc2ccccc2)CC1)N(c1ccc(F)cc1)S(C)(=O)=O. The van der Waals surface area contributed by atoms with E-state index in [9.17, 15) is 17.6 Å². The van der Waals surface area contributed by atoms with Gasteiger partial charge in [-0.05, 0) is 61.9 Å². The maximum Gasteiger partial charge on any atom is 0.246 e. The van der Waals surface area contributed by atoms with Crippen LogP contribution in [0.25, 0.3) is 0 Å². The number of hydrogen-bond donors (Lipinski definition) is 0. The molecule has 2 aromatic rings. The number of amides is 1. The van der Waals surface area contributed by atoms with E-state index in [-0.39, 0.29) is 11.6 Å². The Morgan fingerprint density at radius 1 is 1.10 bits per heavy atom. The van der Waals surface area contributed by atoms with E-state index < -0.39 is 21.9 Å². The van der Waals surface area contributed by atoms with Crippen molar-refractivity contribution in [3.05, 3.63) is 66.0 Å². The van der Waals surface area contributed by atoms with Crippen LogP contribution in [0.15, 0.2) is 54.6 Å². The van der Waals surface area contributed by atoms with Crippen molar-refractivity contribution in [2.24, 2.45) is 5.92 Å². The Bertz CT molecular complexity index is 924. The fraction of sp³-hybridized carbons (Fsp3) is 0.409. The molecule has 1 atom stereocenters. The van der Waals surface area contributed by atoms with Gasteiger partial charge in [-0.25, -0.2) is 12.8 Å². The first-order valence-corrected chi connectivity index (χ1v) is 11.7. The largest absolute Gasteiger partial charge is 0.341 e. The molecular weight excluding hydrogens is 391 g/mol. The van der Waals surface area contributed by atoms with Gasteiger partial charge in [-0.2, -0.15) is 0 Å². The summed E-state index contributed by atoms with van der Waals surface area (Å²) in [5, 5.41) is 0. The molecule has 1 fully saturated rings. The summed E-state index contributed by atoms with van der Waals surface area (Å²) in [6.45, 7) is 2.81. The molecule has 5 nitrogen and oxygen atoms in total. The van der Waals surface area contributed by atoms with Crippen molar-refractivity contribution < 1.29 is 17.6 Å². The summed E-state index contributed by atoms with van der Waals surface area (Å²) in [4.78, 5) is 14.8. The van der Waals surface area contributed by atoms with Crippen molar-refractivity contribution in [3.63, 3.8) is 0 Å². The van der Waals surface area contributed by atoms with Crippen LogP contribution in [-0.2, 0) is 21.2 Å². The van der Waals surface area contributed by atoms with Gasteiger partial charge in [0.05, 0.1) is 11.9 Å². The Balaban J connectivity index is 1.66. The van der Waals surface area contributed by atoms with Crippen LogP contribution in [0.5, 0.6) is 0 Å². The molecule has 0 bridgehead atoms. The van der Waals surface area contributed by atoms with Gasteiger partial charge in [0.25, 0.3) is 0 Å². The lowest BCUT2D eigenvalue weighted by Crippen LogP contribution is -2.51. The van der Waals surface area contributed by atoms with Gasteiger partial charge in [-0.1, -0.05) is 30.3 Å². The molecule has 0 saturated carbocycles. The monoisotopic (exact) mass is 418 g/mol. The molecule has 2 aromatic carbocycles. The zero-order chi connectivity index (χ0) is 21.0. The first-order chi connectivity index (χ1) is 13.8. The molecular formula is C22H27FN2O3S. The van der Waals surface area contributed by atoms with Crippen molar-refractivity contribution in [2.75, 3.05) is 23.7 Å². The predicted octanol–water partition coefficient (Wildman–Crippen LogP) is 3.46. The van der Waals surface area contributed by atoms with Gasteiger partial charge in [0, 0.05) is 13.1 Å². The van der Waals surface area contributed by atoms with Crippen LogP contribution in [0.4, 0.5) is 10.1 Å². The standard InChI is InChI=1S/C22H27FN2O3S/c1-17(25(29(2,27)28)21-10-8-20(23)9-11-21)22(26)24-14-12-19(13-15-24)16-18-6-4-3-5-7-18/h3-11,17,19H,12-16H2,1-2H3. The van der Waals surface area contributed by atoms with E-state index in [4.69, 9.17) is 0 Å². The van der Waals surface area contributed by atoms with E-state index in [1.807, 2.05) is 18.2 Å². The predicted molar refractivity (Wildman–Crippen MR) is 113 cm³/mol. The van der Waals surface area contributed by atoms with Crippen molar-refractivity contribution in [1.29, 1.82) is 0 Å². The molecule has 29 heavy (non-hydrogen) atoms. The molecule has 1 aliphatic heterocycles. The van der Waals surface area contributed by atoms with Gasteiger partial charge in [-0.3, -0.25) is 9.10 Å². The van der Waals surface area contributed by atoms with Crippen molar-refractivity contribution in [3.8, 4) is 0 Å². The van der Waals surface area contributed by atoms with Crippen LogP contribution < -0.4 is 4.31 Å². The molecule has 7 heteroatoms. The highest BCUT2D eigenvalue weighted by Crippen LogP contribution is 2.25. The van der Waals surface area contributed by atoms with Gasteiger partial charge in [0.1, 0.15) is 11.9 Å². The smallest absolute Gasteiger partial charge is 0.246 e. The second-order valence-corrected chi connectivity index (χ2v) is 9.53. The second kappa shape index (κ2) is 8.95. The Morgan fingerprint density at radius 2 is 1.69 bits per heavy atom. The second-order valence-electron chi connectivity index (χ2n) is 7.67. The number of benzene rings is 2. The van der Waals surface area contributed by atoms with Gasteiger partial charge < -0.3 is 4.90 Å². The van der Waals surface area contributed by atoms with E-state index >= 15 is 0 Å². The third kappa shape index (κ3) is 5.35. The van der Waals surface area contributed by atoms with Gasteiger partial charge in [-0.15, -0.1) is 0 Å². The minimum Gasteiger partial charge on any atom is -0.341 e. The fourth-order valence-electron chi connectivity index (χ4n) is 3.96. The highest BCUT2D eigenvalue weighted by Gasteiger charge is 2.33. The summed E-state index contributed by atoms with van der Waals surface area (Å²) in [6.07, 6.45) is 3.83. The average molecular weight is 419 g/mol. The van der Waals surface area contributed by atoms with Crippen LogP contribution in [0.3, 0.4) is 0 Å². The first kappa shape index (κ1) is 21.3. The van der Waals surface area contributed by atoms with Gasteiger partial charge in [0.2, 0.25) is 15.9 Å². The van der Waals surface area contributed by atoms with Crippen molar-refractivity contribution in [1.82, 2.24) is 4.90 Å². The minimum absolute atomic E-state index is 0.224. The number of carbonyl (C=O) groups excluding carboxylic acids is 1. The molecule has 3 rings (SSSR count). The molecule has 0 N–H and O–H groups in total. The number of nitrogens with zero attached hydrogens (tertiary/aromatic N) is 2. The van der Waals surface area contributed by atoms with E-state index in [2.05, 4.69) is 12.1 Å². The van der Waals surface area contributed by atoms with E-state index in [0.29, 0.717) is 19.0 Å². The number of hydrogen-bond acceptors (Lipinski definition) is 3. The fourth-order valence-corrected chi connectivity index (χ4v) is 5.13. The summed E-state index contributed by atoms with van der Waals surface area (Å²) < 4.78 is 39.0. The first-order valence-electron chi connectivity index (χ1n) is 9.83. The summed E-state index contributed by atoms with van der Waals surface area (Å²) in [6, 6.07) is 14.6. The van der Waals surface area contributed by atoms with Crippen LogP contribution in [0, 0.1) is 11.7 Å². The molecule has 1 saturated heterocycles. The highest BCUT2D eigenvalue weighted by molar-refractivity contribution is 7.92. The zero-order valence-electron chi connectivity index (χ0n) is 16.8. The summed E-state index contributed by atoms with van der Waals surface area (Å²) >= 11 is 0. The molecule has 0 radical (unpaired) electrons. The molecule has 0 spiro atoms. The maximum absolute atomic E-state index is 13.2. The quantitative estimate of drug-likeness (QED) is 0.722. The van der Waals surface area contributed by atoms with Gasteiger partial charge >= 0.3 is 0 Å². The molecule has 1 heterocycles. The lowest BCUT2D eigenvalue weighted by atomic mass is 9.90.